The minimum atomic E-state index is -0.788. The summed E-state index contributed by atoms with van der Waals surface area (Å²) >= 11 is 6.30. The lowest BCUT2D eigenvalue weighted by Crippen LogP contribution is -2.48. The van der Waals surface area contributed by atoms with E-state index in [1.807, 2.05) is 30.0 Å². The number of nitrogens with one attached hydrogen (secondary N) is 1. The molecule has 2 aliphatic rings. The molecule has 11 nitrogen and oxygen atoms in total. The van der Waals surface area contributed by atoms with Crippen LogP contribution in [0.25, 0.3) is 16.6 Å². The Kier molecular flexibility index (Phi) is 6.40. The number of anilines is 1. The summed E-state index contributed by atoms with van der Waals surface area (Å²) in [7, 11) is 1.87. The fourth-order valence-electron chi connectivity index (χ4n) is 5.92. The molecule has 12 heteroatoms. The second-order valence-electron chi connectivity index (χ2n) is 10.3. The highest BCUT2D eigenvalue weighted by atomic mass is 35.5. The molecule has 5 heterocycles. The van der Waals surface area contributed by atoms with Gasteiger partial charge in [0.1, 0.15) is 11.6 Å². The topological polar surface area (TPSA) is 146 Å². The number of amidine groups is 1. The summed E-state index contributed by atoms with van der Waals surface area (Å²) in [6, 6.07) is 7.15. The predicted octanol–water partition coefficient (Wildman–Crippen LogP) is 3.62. The Balaban J connectivity index is 1.40. The van der Waals surface area contributed by atoms with E-state index in [-0.39, 0.29) is 41.3 Å². The molecular weight excluding hydrogens is 520 g/mol. The van der Waals surface area contributed by atoms with Gasteiger partial charge in [0.2, 0.25) is 0 Å². The first-order chi connectivity index (χ1) is 18.7. The fraction of sp³-hybridized carbons (Fsp3) is 0.333. The Bertz CT molecular complexity index is 1580. The molecule has 1 aromatic carbocycles. The molecule has 1 unspecified atom stereocenters. The molecule has 2 bridgehead atoms. The highest BCUT2D eigenvalue weighted by Crippen LogP contribution is 2.38. The summed E-state index contributed by atoms with van der Waals surface area (Å²) in [6.07, 6.45) is 11.0. The maximum absolute atomic E-state index is 11.4. The molecule has 39 heavy (non-hydrogen) atoms. The van der Waals surface area contributed by atoms with Crippen LogP contribution in [0.15, 0.2) is 54.0 Å². The first-order valence-electron chi connectivity index (χ1n) is 12.8. The van der Waals surface area contributed by atoms with Crippen LogP contribution in [0.1, 0.15) is 31.2 Å². The smallest absolute Gasteiger partial charge is 0.317 e. The number of piperidine rings is 1. The molecule has 5 N–H and O–H groups in total. The maximum atomic E-state index is 11.4. The molecule has 0 spiro atoms. The zero-order chi connectivity index (χ0) is 27.3. The number of fused-ring (bicyclic) bond motifs is 3. The normalized spacial score (nSPS) is 21.5. The SMILES string of the molecule is Cn1cc(-c2cc3c(NC4C[C@H]5CC[C@@H](C4)N5CC(=O)O)c(C(N)=Nc4ccc(O)cc4Cl)cnn3c2)cn1. The number of aliphatic carboxylic acids is 1. The number of carbonyl (C=O) groups is 1. The van der Waals surface area contributed by atoms with E-state index in [0.717, 1.165) is 48.0 Å². The molecule has 0 aliphatic carbocycles. The number of nitrogens with two attached hydrogens (primary N) is 1. The van der Waals surface area contributed by atoms with Gasteiger partial charge >= 0.3 is 5.97 Å². The Hall–Kier alpha value is -4.09. The van der Waals surface area contributed by atoms with Crippen molar-refractivity contribution in [2.75, 3.05) is 11.9 Å². The van der Waals surface area contributed by atoms with E-state index in [1.165, 1.54) is 12.1 Å². The first-order valence-corrected chi connectivity index (χ1v) is 13.2. The van der Waals surface area contributed by atoms with Gasteiger partial charge in [0.25, 0.3) is 0 Å². The van der Waals surface area contributed by atoms with E-state index < -0.39 is 5.97 Å². The van der Waals surface area contributed by atoms with E-state index in [1.54, 1.807) is 23.1 Å². The summed E-state index contributed by atoms with van der Waals surface area (Å²) in [4.78, 5) is 18.1. The third kappa shape index (κ3) is 4.90. The van der Waals surface area contributed by atoms with Gasteiger partial charge < -0.3 is 21.3 Å². The number of carboxylic acid groups (broad SMARTS) is 1. The molecule has 2 aliphatic heterocycles. The van der Waals surface area contributed by atoms with Crippen molar-refractivity contribution >= 4 is 40.3 Å². The van der Waals surface area contributed by atoms with Crippen molar-refractivity contribution in [3.8, 4) is 16.9 Å². The summed E-state index contributed by atoms with van der Waals surface area (Å²) in [5.74, 6) is -0.511. The third-order valence-electron chi connectivity index (χ3n) is 7.67. The van der Waals surface area contributed by atoms with E-state index in [9.17, 15) is 15.0 Å². The van der Waals surface area contributed by atoms with Crippen LogP contribution in [0.2, 0.25) is 5.02 Å². The highest BCUT2D eigenvalue weighted by Gasteiger charge is 2.41. The molecule has 2 saturated heterocycles. The van der Waals surface area contributed by atoms with Crippen molar-refractivity contribution in [1.82, 2.24) is 24.3 Å². The van der Waals surface area contributed by atoms with Gasteiger partial charge in [-0.2, -0.15) is 10.2 Å². The number of phenols is 1. The van der Waals surface area contributed by atoms with Crippen LogP contribution >= 0.6 is 11.6 Å². The zero-order valence-corrected chi connectivity index (χ0v) is 22.1. The summed E-state index contributed by atoms with van der Waals surface area (Å²) in [6.45, 7) is 0.0764. The molecule has 3 aromatic heterocycles. The van der Waals surface area contributed by atoms with E-state index in [2.05, 4.69) is 25.4 Å². The summed E-state index contributed by atoms with van der Waals surface area (Å²) < 4.78 is 3.56. The van der Waals surface area contributed by atoms with Gasteiger partial charge in [0.05, 0.1) is 46.4 Å². The maximum Gasteiger partial charge on any atom is 0.317 e. The second kappa shape index (κ2) is 9.90. The molecule has 6 rings (SSSR count). The summed E-state index contributed by atoms with van der Waals surface area (Å²) in [5, 5.41) is 32.0. The quantitative estimate of drug-likeness (QED) is 0.202. The number of hydrogen-bond acceptors (Lipinski definition) is 7. The molecule has 0 amide bonds. The van der Waals surface area contributed by atoms with Crippen LogP contribution < -0.4 is 11.1 Å². The number of aromatic hydroxyl groups is 1. The second-order valence-corrected chi connectivity index (χ2v) is 10.7. The number of rotatable bonds is 7. The number of nitrogens with zero attached hydrogens (tertiary/aromatic N) is 6. The average molecular weight is 549 g/mol. The average Bonchev–Trinajstić information content (AvgIpc) is 3.56. The van der Waals surface area contributed by atoms with Gasteiger partial charge in [-0.3, -0.25) is 14.4 Å². The number of benzene rings is 1. The van der Waals surface area contributed by atoms with Crippen LogP contribution in [0.4, 0.5) is 11.4 Å². The number of hydrogen-bond donors (Lipinski definition) is 4. The van der Waals surface area contributed by atoms with Crippen LogP contribution in [-0.4, -0.2) is 71.0 Å². The van der Waals surface area contributed by atoms with Gasteiger partial charge in [-0.15, -0.1) is 0 Å². The van der Waals surface area contributed by atoms with Gasteiger partial charge in [-0.25, -0.2) is 9.51 Å². The van der Waals surface area contributed by atoms with E-state index >= 15 is 0 Å². The minimum absolute atomic E-state index is 0.0444. The van der Waals surface area contributed by atoms with Crippen molar-refractivity contribution < 1.29 is 15.0 Å². The molecule has 202 valence electrons. The Morgan fingerprint density at radius 2 is 1.92 bits per heavy atom. The number of carboxylic acids is 1. The Morgan fingerprint density at radius 3 is 2.59 bits per heavy atom. The number of aromatic nitrogens is 4. The molecule has 3 atom stereocenters. The lowest BCUT2D eigenvalue weighted by Gasteiger charge is -2.38. The number of aryl methyl sites for hydroxylation is 1. The first kappa shape index (κ1) is 25.2. The van der Waals surface area contributed by atoms with Crippen LogP contribution in [-0.2, 0) is 11.8 Å². The molecule has 0 saturated carbocycles. The molecule has 2 fully saturated rings. The standard InChI is InChI=1S/C27H29ClN8O3/c1-34-12-16(10-30-34)15-6-24-26(32-17-7-18-2-3-19(8-17)35(18)14-25(38)39)21(11-31-36(24)13-15)27(29)33-23-5-4-20(37)9-22(23)28/h4-6,9-13,17-19,32,37H,2-3,7-8,14H2,1H3,(H2,29,33)(H,38,39)/t17?,18-,19+. The Labute approximate surface area is 229 Å². The number of aliphatic imine (C=N–C) groups is 1. The monoisotopic (exact) mass is 548 g/mol. The van der Waals surface area contributed by atoms with Gasteiger partial charge in [0.15, 0.2) is 0 Å². The molecule has 4 aromatic rings. The van der Waals surface area contributed by atoms with E-state index in [0.29, 0.717) is 11.3 Å². The highest BCUT2D eigenvalue weighted by molar-refractivity contribution is 6.33. The van der Waals surface area contributed by atoms with Gasteiger partial charge in [0, 0.05) is 54.8 Å². The van der Waals surface area contributed by atoms with Crippen molar-refractivity contribution in [3.05, 3.63) is 59.6 Å². The fourth-order valence-corrected chi connectivity index (χ4v) is 6.13. The summed E-state index contributed by atoms with van der Waals surface area (Å²) in [5.41, 5.74) is 11.2. The van der Waals surface area contributed by atoms with Crippen molar-refractivity contribution in [3.63, 3.8) is 0 Å². The lowest BCUT2D eigenvalue weighted by atomic mass is 9.96. The van der Waals surface area contributed by atoms with Crippen LogP contribution in [0.5, 0.6) is 5.75 Å². The lowest BCUT2D eigenvalue weighted by molar-refractivity contribution is -0.139. The van der Waals surface area contributed by atoms with E-state index in [4.69, 9.17) is 17.3 Å². The van der Waals surface area contributed by atoms with Crippen LogP contribution in [0.3, 0.4) is 0 Å². The Morgan fingerprint density at radius 1 is 1.15 bits per heavy atom. The third-order valence-corrected chi connectivity index (χ3v) is 7.98. The van der Waals surface area contributed by atoms with Crippen LogP contribution in [0, 0.1) is 0 Å². The van der Waals surface area contributed by atoms with Crippen molar-refractivity contribution in [2.24, 2.45) is 17.8 Å². The molecule has 0 radical (unpaired) electrons. The molecular formula is C27H29ClN8O3. The van der Waals surface area contributed by atoms with Crippen molar-refractivity contribution in [1.29, 1.82) is 0 Å². The predicted molar refractivity (Wildman–Crippen MR) is 149 cm³/mol. The zero-order valence-electron chi connectivity index (χ0n) is 21.3. The van der Waals surface area contributed by atoms with Crippen molar-refractivity contribution in [2.45, 2.75) is 43.8 Å². The minimum Gasteiger partial charge on any atom is -0.508 e. The number of halogens is 1. The number of phenolic OH excluding ortho intramolecular Hbond substituents is 1. The largest absolute Gasteiger partial charge is 0.508 e. The van der Waals surface area contributed by atoms with Gasteiger partial charge in [-0.05, 0) is 43.9 Å². The van der Waals surface area contributed by atoms with Gasteiger partial charge in [-0.1, -0.05) is 11.6 Å².